The predicted molar refractivity (Wildman–Crippen MR) is 59.1 cm³/mol. The Morgan fingerprint density at radius 3 is 2.79 bits per heavy atom. The molecule has 1 aliphatic rings. The third kappa shape index (κ3) is 3.99. The minimum Gasteiger partial charge on any atom is -0.467 e. The molecule has 106 valence electrons. The SMILES string of the molecule is O=C(C1CCOC1)N(Cc1ccco1)CC(F)(F)F. The van der Waals surface area contributed by atoms with Crippen molar-refractivity contribution < 1.29 is 27.1 Å². The van der Waals surface area contributed by atoms with Gasteiger partial charge in [0.1, 0.15) is 12.3 Å². The summed E-state index contributed by atoms with van der Waals surface area (Å²) in [6.07, 6.45) is -2.60. The molecular weight excluding hydrogens is 263 g/mol. The number of carbonyl (C=O) groups is 1. The normalized spacial score (nSPS) is 19.6. The molecule has 1 fully saturated rings. The zero-order valence-electron chi connectivity index (χ0n) is 10.2. The van der Waals surface area contributed by atoms with Gasteiger partial charge >= 0.3 is 6.18 Å². The van der Waals surface area contributed by atoms with E-state index in [1.165, 1.54) is 6.26 Å². The Kier molecular flexibility index (Phi) is 4.14. The van der Waals surface area contributed by atoms with Crippen LogP contribution in [0.3, 0.4) is 0 Å². The largest absolute Gasteiger partial charge is 0.467 e. The van der Waals surface area contributed by atoms with Crippen molar-refractivity contribution >= 4 is 5.91 Å². The predicted octanol–water partition coefficient (Wildman–Crippen LogP) is 2.21. The highest BCUT2D eigenvalue weighted by Crippen LogP contribution is 2.22. The van der Waals surface area contributed by atoms with Crippen LogP contribution in [0.2, 0.25) is 0 Å². The smallest absolute Gasteiger partial charge is 0.406 e. The van der Waals surface area contributed by atoms with Gasteiger partial charge in [-0.25, -0.2) is 0 Å². The van der Waals surface area contributed by atoms with Crippen LogP contribution in [0.5, 0.6) is 0 Å². The van der Waals surface area contributed by atoms with Gasteiger partial charge in [0.2, 0.25) is 5.91 Å². The van der Waals surface area contributed by atoms with Crippen LogP contribution in [0.25, 0.3) is 0 Å². The second kappa shape index (κ2) is 5.64. The van der Waals surface area contributed by atoms with Crippen molar-refractivity contribution in [2.24, 2.45) is 5.92 Å². The van der Waals surface area contributed by atoms with Crippen LogP contribution in [0.15, 0.2) is 22.8 Å². The lowest BCUT2D eigenvalue weighted by molar-refractivity contribution is -0.165. The Bertz CT molecular complexity index is 410. The molecule has 0 aromatic carbocycles. The van der Waals surface area contributed by atoms with Crippen LogP contribution in [0.4, 0.5) is 13.2 Å². The average Bonchev–Trinajstić information content (AvgIpc) is 2.98. The van der Waals surface area contributed by atoms with Crippen molar-refractivity contribution in [2.45, 2.75) is 19.1 Å². The average molecular weight is 277 g/mol. The topological polar surface area (TPSA) is 42.7 Å². The van der Waals surface area contributed by atoms with Crippen LogP contribution in [0, 0.1) is 5.92 Å². The van der Waals surface area contributed by atoms with E-state index in [9.17, 15) is 18.0 Å². The second-order valence-corrected chi connectivity index (χ2v) is 4.45. The number of hydrogen-bond acceptors (Lipinski definition) is 3. The molecule has 19 heavy (non-hydrogen) atoms. The van der Waals surface area contributed by atoms with Crippen LogP contribution < -0.4 is 0 Å². The van der Waals surface area contributed by atoms with E-state index >= 15 is 0 Å². The molecule has 0 N–H and O–H groups in total. The number of hydrogen-bond donors (Lipinski definition) is 0. The lowest BCUT2D eigenvalue weighted by atomic mass is 10.1. The van der Waals surface area contributed by atoms with Crippen LogP contribution in [-0.4, -0.2) is 36.7 Å². The van der Waals surface area contributed by atoms with Gasteiger partial charge in [-0.15, -0.1) is 0 Å². The molecule has 0 bridgehead atoms. The van der Waals surface area contributed by atoms with Crippen molar-refractivity contribution in [3.05, 3.63) is 24.2 Å². The van der Waals surface area contributed by atoms with E-state index in [2.05, 4.69) is 0 Å². The first-order valence-electron chi connectivity index (χ1n) is 5.91. The summed E-state index contributed by atoms with van der Waals surface area (Å²) in [4.78, 5) is 12.8. The number of halogens is 3. The van der Waals surface area contributed by atoms with E-state index in [1.54, 1.807) is 12.1 Å². The molecule has 0 aliphatic carbocycles. The molecule has 1 aromatic rings. The van der Waals surface area contributed by atoms with Crippen molar-refractivity contribution in [3.8, 4) is 0 Å². The molecule has 0 saturated carbocycles. The number of nitrogens with zero attached hydrogens (tertiary/aromatic N) is 1. The van der Waals surface area contributed by atoms with Gasteiger partial charge in [-0.2, -0.15) is 13.2 Å². The van der Waals surface area contributed by atoms with E-state index in [4.69, 9.17) is 9.15 Å². The zero-order valence-corrected chi connectivity index (χ0v) is 10.2. The Labute approximate surface area is 108 Å². The molecule has 0 radical (unpaired) electrons. The maximum absolute atomic E-state index is 12.5. The maximum Gasteiger partial charge on any atom is 0.406 e. The Balaban J connectivity index is 2.06. The highest BCUT2D eigenvalue weighted by Gasteiger charge is 2.36. The fourth-order valence-corrected chi connectivity index (χ4v) is 2.01. The number of alkyl halides is 3. The van der Waals surface area contributed by atoms with Crippen LogP contribution in [-0.2, 0) is 16.1 Å². The number of ether oxygens (including phenoxy) is 1. The molecule has 7 heteroatoms. The molecular formula is C12H14F3NO3. The number of carbonyl (C=O) groups excluding carboxylic acids is 1. The van der Waals surface area contributed by atoms with Gasteiger partial charge in [-0.3, -0.25) is 4.79 Å². The summed E-state index contributed by atoms with van der Waals surface area (Å²) < 4.78 is 47.6. The molecule has 1 unspecified atom stereocenters. The maximum atomic E-state index is 12.5. The summed E-state index contributed by atoms with van der Waals surface area (Å²) in [5.41, 5.74) is 0. The quantitative estimate of drug-likeness (QED) is 0.847. The first-order chi connectivity index (χ1) is 8.96. The van der Waals surface area contributed by atoms with Crippen LogP contribution >= 0.6 is 0 Å². The number of rotatable bonds is 4. The van der Waals surface area contributed by atoms with Gasteiger partial charge in [-0.05, 0) is 18.6 Å². The van der Waals surface area contributed by atoms with E-state index < -0.39 is 24.5 Å². The van der Waals surface area contributed by atoms with Gasteiger partial charge in [0, 0.05) is 6.61 Å². The molecule has 0 spiro atoms. The fourth-order valence-electron chi connectivity index (χ4n) is 2.01. The van der Waals surface area contributed by atoms with E-state index in [0.717, 1.165) is 4.90 Å². The third-order valence-electron chi connectivity index (χ3n) is 2.89. The van der Waals surface area contributed by atoms with E-state index in [1.807, 2.05) is 0 Å². The first-order valence-corrected chi connectivity index (χ1v) is 5.91. The summed E-state index contributed by atoms with van der Waals surface area (Å²) in [7, 11) is 0. The summed E-state index contributed by atoms with van der Waals surface area (Å²) in [5, 5.41) is 0. The van der Waals surface area contributed by atoms with Gasteiger partial charge in [0.05, 0.1) is 25.3 Å². The highest BCUT2D eigenvalue weighted by atomic mass is 19.4. The zero-order chi connectivity index (χ0) is 13.9. The Morgan fingerprint density at radius 2 is 2.26 bits per heavy atom. The molecule has 1 aliphatic heterocycles. The molecule has 1 aromatic heterocycles. The van der Waals surface area contributed by atoms with Crippen molar-refractivity contribution in [1.82, 2.24) is 4.90 Å². The van der Waals surface area contributed by atoms with Gasteiger partial charge in [0.15, 0.2) is 0 Å². The molecule has 2 rings (SSSR count). The lowest BCUT2D eigenvalue weighted by Gasteiger charge is -2.25. The number of amides is 1. The molecule has 1 amide bonds. The molecule has 4 nitrogen and oxygen atoms in total. The van der Waals surface area contributed by atoms with Gasteiger partial charge in [0.25, 0.3) is 0 Å². The summed E-state index contributed by atoms with van der Waals surface area (Å²) >= 11 is 0. The standard InChI is InChI=1S/C12H14F3NO3/c13-12(14,15)8-16(6-10-2-1-4-19-10)11(17)9-3-5-18-7-9/h1-2,4,9H,3,5-8H2. The lowest BCUT2D eigenvalue weighted by Crippen LogP contribution is -2.41. The van der Waals surface area contributed by atoms with Crippen LogP contribution in [0.1, 0.15) is 12.2 Å². The summed E-state index contributed by atoms with van der Waals surface area (Å²) in [5.74, 6) is -0.694. The molecule has 1 saturated heterocycles. The van der Waals surface area contributed by atoms with Crippen molar-refractivity contribution in [3.63, 3.8) is 0 Å². The molecule has 1 atom stereocenters. The fraction of sp³-hybridized carbons (Fsp3) is 0.583. The van der Waals surface area contributed by atoms with Gasteiger partial charge < -0.3 is 14.1 Å². The minimum absolute atomic E-state index is 0.179. The minimum atomic E-state index is -4.43. The van der Waals surface area contributed by atoms with Crippen molar-refractivity contribution in [2.75, 3.05) is 19.8 Å². The Hall–Kier alpha value is -1.50. The monoisotopic (exact) mass is 277 g/mol. The third-order valence-corrected chi connectivity index (χ3v) is 2.89. The van der Waals surface area contributed by atoms with E-state index in [0.29, 0.717) is 18.8 Å². The van der Waals surface area contributed by atoms with Gasteiger partial charge in [-0.1, -0.05) is 0 Å². The second-order valence-electron chi connectivity index (χ2n) is 4.45. The summed E-state index contributed by atoms with van der Waals surface area (Å²) in [6, 6.07) is 3.12. The van der Waals surface area contributed by atoms with Crippen molar-refractivity contribution in [1.29, 1.82) is 0 Å². The number of furan rings is 1. The first kappa shape index (κ1) is 13.9. The highest BCUT2D eigenvalue weighted by molar-refractivity contribution is 5.79. The Morgan fingerprint density at radius 1 is 1.47 bits per heavy atom. The van der Waals surface area contributed by atoms with E-state index in [-0.39, 0.29) is 13.2 Å². The molecule has 2 heterocycles. The summed E-state index contributed by atoms with van der Waals surface area (Å²) in [6.45, 7) is -0.854.